The summed E-state index contributed by atoms with van der Waals surface area (Å²) in [6.07, 6.45) is 0. The number of nitrogen functional groups attached to an aromatic ring is 1. The van der Waals surface area contributed by atoms with Gasteiger partial charge in [0.15, 0.2) is 0 Å². The van der Waals surface area contributed by atoms with Crippen LogP contribution in [0.25, 0.3) is 0 Å². The Hall–Kier alpha value is -1.43. The first-order chi connectivity index (χ1) is 8.16. The Bertz CT molecular complexity index is 427. The van der Waals surface area contributed by atoms with Crippen molar-refractivity contribution in [3.05, 3.63) is 24.0 Å². The molecule has 2 rings (SSSR count). The summed E-state index contributed by atoms with van der Waals surface area (Å²) in [5.41, 5.74) is 5.55. The van der Waals surface area contributed by atoms with Crippen molar-refractivity contribution in [1.29, 1.82) is 0 Å². The Morgan fingerprint density at radius 1 is 1.53 bits per heavy atom. The highest BCUT2D eigenvalue weighted by molar-refractivity contribution is 7.99. The van der Waals surface area contributed by atoms with Crippen LogP contribution in [0.4, 0.5) is 14.9 Å². The van der Waals surface area contributed by atoms with Crippen LogP contribution in [0.1, 0.15) is 0 Å². The molecule has 1 fully saturated rings. The second kappa shape index (κ2) is 5.27. The lowest BCUT2D eigenvalue weighted by molar-refractivity contribution is 0.220. The maximum atomic E-state index is 13.2. The summed E-state index contributed by atoms with van der Waals surface area (Å²) in [5, 5.41) is 2.74. The van der Waals surface area contributed by atoms with Crippen molar-refractivity contribution < 1.29 is 9.18 Å². The summed E-state index contributed by atoms with van der Waals surface area (Å²) >= 11 is 1.51. The molecule has 92 valence electrons. The number of nitrogens with one attached hydrogen (secondary N) is 1. The number of carbonyl (C=O) groups excluding carboxylic acids is 1. The molecule has 0 spiro atoms. The minimum absolute atomic E-state index is 0.0194. The first-order valence-electron chi connectivity index (χ1n) is 5.37. The largest absolute Gasteiger partial charge is 0.396 e. The standard InChI is InChI=1S/C11H14FN3OS/c12-9-7-8(1-2-10(9)13)17-6-5-15-4-3-14-11(15)16/h1-2,7H,3-6,13H2,(H,14,16). The van der Waals surface area contributed by atoms with Crippen LogP contribution in [0, 0.1) is 5.82 Å². The van der Waals surface area contributed by atoms with E-state index in [1.807, 2.05) is 0 Å². The molecule has 1 saturated heterocycles. The third-order valence-corrected chi connectivity index (χ3v) is 3.52. The van der Waals surface area contributed by atoms with Gasteiger partial charge in [0.05, 0.1) is 5.69 Å². The first kappa shape index (κ1) is 12.0. The molecular weight excluding hydrogens is 241 g/mol. The lowest BCUT2D eigenvalue weighted by Crippen LogP contribution is -2.30. The van der Waals surface area contributed by atoms with Crippen LogP contribution in [0.2, 0.25) is 0 Å². The van der Waals surface area contributed by atoms with Gasteiger partial charge < -0.3 is 16.0 Å². The van der Waals surface area contributed by atoms with Gasteiger partial charge in [-0.25, -0.2) is 9.18 Å². The highest BCUT2D eigenvalue weighted by Gasteiger charge is 2.18. The molecule has 1 aliphatic rings. The third-order valence-electron chi connectivity index (χ3n) is 2.55. The van der Waals surface area contributed by atoms with Gasteiger partial charge in [0.2, 0.25) is 0 Å². The van der Waals surface area contributed by atoms with Gasteiger partial charge in [-0.2, -0.15) is 0 Å². The van der Waals surface area contributed by atoms with E-state index in [-0.39, 0.29) is 11.7 Å². The van der Waals surface area contributed by atoms with Gasteiger partial charge in [0, 0.05) is 30.3 Å². The Kier molecular flexibility index (Phi) is 3.73. The first-order valence-corrected chi connectivity index (χ1v) is 6.36. The summed E-state index contributed by atoms with van der Waals surface area (Å²) in [6, 6.07) is 4.74. The number of anilines is 1. The molecule has 1 aromatic rings. The van der Waals surface area contributed by atoms with E-state index in [0.29, 0.717) is 13.1 Å². The van der Waals surface area contributed by atoms with Crippen molar-refractivity contribution in [1.82, 2.24) is 10.2 Å². The van der Waals surface area contributed by atoms with E-state index in [1.54, 1.807) is 17.0 Å². The average molecular weight is 255 g/mol. The van der Waals surface area contributed by atoms with E-state index in [2.05, 4.69) is 5.32 Å². The molecule has 0 aromatic heterocycles. The number of hydrogen-bond donors (Lipinski definition) is 2. The Morgan fingerprint density at radius 3 is 3.00 bits per heavy atom. The fraction of sp³-hybridized carbons (Fsp3) is 0.364. The smallest absolute Gasteiger partial charge is 0.317 e. The van der Waals surface area contributed by atoms with Crippen molar-refractivity contribution in [2.45, 2.75) is 4.90 Å². The number of urea groups is 1. The predicted octanol–water partition coefficient (Wildman–Crippen LogP) is 1.53. The monoisotopic (exact) mass is 255 g/mol. The maximum absolute atomic E-state index is 13.2. The van der Waals surface area contributed by atoms with Gasteiger partial charge in [0.1, 0.15) is 5.82 Å². The Labute approximate surface area is 103 Å². The molecule has 6 heteroatoms. The van der Waals surface area contributed by atoms with Crippen molar-refractivity contribution in [2.24, 2.45) is 0 Å². The number of thioether (sulfide) groups is 1. The second-order valence-corrected chi connectivity index (χ2v) is 4.92. The summed E-state index contributed by atoms with van der Waals surface area (Å²) in [6.45, 7) is 2.12. The molecule has 1 heterocycles. The lowest BCUT2D eigenvalue weighted by atomic mass is 10.3. The molecule has 1 aromatic carbocycles. The average Bonchev–Trinajstić information content (AvgIpc) is 2.70. The van der Waals surface area contributed by atoms with E-state index in [9.17, 15) is 9.18 Å². The van der Waals surface area contributed by atoms with E-state index < -0.39 is 5.82 Å². The number of amides is 2. The van der Waals surface area contributed by atoms with Crippen molar-refractivity contribution >= 4 is 23.5 Å². The zero-order chi connectivity index (χ0) is 12.3. The molecular formula is C11H14FN3OS. The lowest BCUT2D eigenvalue weighted by Gasteiger charge is -2.13. The zero-order valence-corrected chi connectivity index (χ0v) is 10.1. The number of nitrogens with two attached hydrogens (primary N) is 1. The van der Waals surface area contributed by atoms with E-state index in [0.717, 1.165) is 17.2 Å². The molecule has 0 saturated carbocycles. The number of rotatable bonds is 4. The van der Waals surface area contributed by atoms with Gasteiger partial charge in [-0.15, -0.1) is 11.8 Å². The summed E-state index contributed by atoms with van der Waals surface area (Å²) in [7, 11) is 0. The fourth-order valence-electron chi connectivity index (χ4n) is 1.60. The van der Waals surface area contributed by atoms with E-state index in [1.165, 1.54) is 17.8 Å². The van der Waals surface area contributed by atoms with Crippen molar-refractivity contribution in [3.8, 4) is 0 Å². The van der Waals surface area contributed by atoms with Crippen LogP contribution in [-0.2, 0) is 0 Å². The van der Waals surface area contributed by atoms with E-state index >= 15 is 0 Å². The van der Waals surface area contributed by atoms with Gasteiger partial charge in [-0.3, -0.25) is 0 Å². The van der Waals surface area contributed by atoms with Crippen LogP contribution >= 0.6 is 11.8 Å². The molecule has 3 N–H and O–H groups in total. The number of nitrogens with zero attached hydrogens (tertiary/aromatic N) is 1. The number of hydrogen-bond acceptors (Lipinski definition) is 3. The SMILES string of the molecule is Nc1ccc(SCCN2CCNC2=O)cc1F. The number of halogens is 1. The molecule has 17 heavy (non-hydrogen) atoms. The quantitative estimate of drug-likeness (QED) is 0.633. The van der Waals surface area contributed by atoms with Gasteiger partial charge in [-0.1, -0.05) is 0 Å². The summed E-state index contributed by atoms with van der Waals surface area (Å²) in [5.74, 6) is 0.352. The minimum atomic E-state index is -0.395. The van der Waals surface area contributed by atoms with Crippen LogP contribution in [0.3, 0.4) is 0 Å². The fourth-order valence-corrected chi connectivity index (χ4v) is 2.49. The molecule has 1 aliphatic heterocycles. The molecule has 0 aliphatic carbocycles. The van der Waals surface area contributed by atoms with Crippen LogP contribution < -0.4 is 11.1 Å². The molecule has 0 bridgehead atoms. The molecule has 0 atom stereocenters. The van der Waals surface area contributed by atoms with Crippen LogP contribution in [-0.4, -0.2) is 36.3 Å². The van der Waals surface area contributed by atoms with Crippen molar-refractivity contribution in [3.63, 3.8) is 0 Å². The zero-order valence-electron chi connectivity index (χ0n) is 9.28. The summed E-state index contributed by atoms with van der Waals surface area (Å²) < 4.78 is 13.2. The summed E-state index contributed by atoms with van der Waals surface area (Å²) in [4.78, 5) is 13.8. The van der Waals surface area contributed by atoms with Crippen LogP contribution in [0.5, 0.6) is 0 Å². The van der Waals surface area contributed by atoms with Gasteiger partial charge in [-0.05, 0) is 18.2 Å². The third kappa shape index (κ3) is 3.03. The maximum Gasteiger partial charge on any atom is 0.317 e. The Morgan fingerprint density at radius 2 is 2.35 bits per heavy atom. The number of benzene rings is 1. The number of carbonyl (C=O) groups is 1. The Balaban J connectivity index is 1.81. The predicted molar refractivity (Wildman–Crippen MR) is 66.5 cm³/mol. The van der Waals surface area contributed by atoms with E-state index in [4.69, 9.17) is 5.73 Å². The highest BCUT2D eigenvalue weighted by Crippen LogP contribution is 2.22. The molecule has 4 nitrogen and oxygen atoms in total. The second-order valence-electron chi connectivity index (χ2n) is 3.75. The van der Waals surface area contributed by atoms with Gasteiger partial charge >= 0.3 is 6.03 Å². The minimum Gasteiger partial charge on any atom is -0.396 e. The highest BCUT2D eigenvalue weighted by atomic mass is 32.2. The van der Waals surface area contributed by atoms with Crippen LogP contribution in [0.15, 0.2) is 23.1 Å². The molecule has 0 radical (unpaired) electrons. The molecule has 2 amide bonds. The van der Waals surface area contributed by atoms with Gasteiger partial charge in [0.25, 0.3) is 0 Å². The van der Waals surface area contributed by atoms with Crippen molar-refractivity contribution in [2.75, 3.05) is 31.1 Å². The normalized spacial score (nSPS) is 15.1. The molecule has 0 unspecified atom stereocenters. The topological polar surface area (TPSA) is 58.4 Å².